The van der Waals surface area contributed by atoms with Crippen LogP contribution in [0.4, 0.5) is 5.69 Å². The van der Waals surface area contributed by atoms with Crippen molar-refractivity contribution in [3.63, 3.8) is 0 Å². The van der Waals surface area contributed by atoms with Crippen LogP contribution in [0.5, 0.6) is 0 Å². The van der Waals surface area contributed by atoms with E-state index in [1.54, 1.807) is 18.0 Å². The van der Waals surface area contributed by atoms with Gasteiger partial charge in [-0.3, -0.25) is 14.3 Å². The first-order valence-electron chi connectivity index (χ1n) is 10.1. The van der Waals surface area contributed by atoms with E-state index in [4.69, 9.17) is 4.74 Å². The lowest BCUT2D eigenvalue weighted by Crippen LogP contribution is -2.48. The Balaban J connectivity index is 1.40. The molecule has 2 saturated heterocycles. The molecule has 0 bridgehead atoms. The normalized spacial score (nSPS) is 22.4. The number of piperazine rings is 1. The second kappa shape index (κ2) is 8.41. The molecule has 0 radical (unpaired) electrons. The molecule has 1 atom stereocenters. The molecular weight excluding hydrogens is 392 g/mol. The van der Waals surface area contributed by atoms with E-state index in [2.05, 4.69) is 14.8 Å². The molecule has 3 heterocycles. The molecule has 0 amide bonds. The topological polar surface area (TPSA) is 84.7 Å². The van der Waals surface area contributed by atoms with Gasteiger partial charge >= 0.3 is 0 Å². The number of anilines is 1. The predicted molar refractivity (Wildman–Crippen MR) is 113 cm³/mol. The zero-order valence-corrected chi connectivity index (χ0v) is 17.6. The predicted octanol–water partition coefficient (Wildman–Crippen LogP) is 0.600. The summed E-state index contributed by atoms with van der Waals surface area (Å²) in [5.41, 5.74) is 1.73. The Hall–Kier alpha value is -1.97. The maximum Gasteiger partial charge on any atom is 0.261 e. The number of nitrogens with zero attached hydrogens (tertiary/aromatic N) is 4. The summed E-state index contributed by atoms with van der Waals surface area (Å²) in [5.74, 6) is 0.956. The largest absolute Gasteiger partial charge is 0.383 e. The second-order valence-corrected chi connectivity index (χ2v) is 10.2. The molecule has 2 aliphatic heterocycles. The van der Waals surface area contributed by atoms with Crippen LogP contribution in [-0.4, -0.2) is 80.8 Å². The summed E-state index contributed by atoms with van der Waals surface area (Å²) in [7, 11) is -1.20. The molecule has 0 N–H and O–H groups in total. The minimum absolute atomic E-state index is 0.0464. The number of hydrogen-bond donors (Lipinski definition) is 0. The molecule has 1 aromatic heterocycles. The van der Waals surface area contributed by atoms with Crippen LogP contribution in [0.15, 0.2) is 29.3 Å². The van der Waals surface area contributed by atoms with Gasteiger partial charge in [0, 0.05) is 45.5 Å². The van der Waals surface area contributed by atoms with Gasteiger partial charge < -0.3 is 9.64 Å². The van der Waals surface area contributed by atoms with Crippen LogP contribution in [0.2, 0.25) is 0 Å². The van der Waals surface area contributed by atoms with Gasteiger partial charge in [0.1, 0.15) is 0 Å². The maximum atomic E-state index is 12.6. The lowest BCUT2D eigenvalue weighted by molar-refractivity contribution is 0.186. The molecular formula is C20H28N4O4S. The highest BCUT2D eigenvalue weighted by molar-refractivity contribution is 7.91. The molecule has 8 nitrogen and oxygen atoms in total. The van der Waals surface area contributed by atoms with Crippen molar-refractivity contribution in [1.29, 1.82) is 0 Å². The van der Waals surface area contributed by atoms with Gasteiger partial charge in [-0.1, -0.05) is 0 Å². The van der Waals surface area contributed by atoms with Gasteiger partial charge in [-0.25, -0.2) is 13.4 Å². The Bertz CT molecular complexity index is 1030. The minimum Gasteiger partial charge on any atom is -0.383 e. The third kappa shape index (κ3) is 4.62. The molecule has 0 aliphatic carbocycles. The van der Waals surface area contributed by atoms with Crippen LogP contribution in [0, 0.1) is 5.92 Å². The fourth-order valence-electron chi connectivity index (χ4n) is 4.26. The molecule has 2 aromatic rings. The summed E-state index contributed by atoms with van der Waals surface area (Å²) in [5, 5.41) is 0.619. The number of sulfone groups is 1. The second-order valence-electron chi connectivity index (χ2n) is 7.99. The Kier molecular flexibility index (Phi) is 5.89. The first kappa shape index (κ1) is 20.3. The van der Waals surface area contributed by atoms with E-state index in [1.165, 1.54) is 0 Å². The quantitative estimate of drug-likeness (QED) is 0.677. The lowest BCUT2D eigenvalue weighted by atomic mass is 10.1. The van der Waals surface area contributed by atoms with Gasteiger partial charge in [-0.15, -0.1) is 0 Å². The van der Waals surface area contributed by atoms with Crippen molar-refractivity contribution < 1.29 is 13.2 Å². The van der Waals surface area contributed by atoms with E-state index < -0.39 is 9.84 Å². The first-order chi connectivity index (χ1) is 13.9. The highest BCUT2D eigenvalue weighted by atomic mass is 32.2. The zero-order chi connectivity index (χ0) is 20.4. The first-order valence-corrected chi connectivity index (χ1v) is 11.9. The Morgan fingerprint density at radius 1 is 1.21 bits per heavy atom. The van der Waals surface area contributed by atoms with Gasteiger partial charge in [-0.05, 0) is 30.5 Å². The molecule has 4 rings (SSSR count). The number of hydrogen-bond acceptors (Lipinski definition) is 7. The molecule has 1 aromatic carbocycles. The van der Waals surface area contributed by atoms with Crippen molar-refractivity contribution >= 4 is 26.4 Å². The molecule has 9 heteroatoms. The van der Waals surface area contributed by atoms with Gasteiger partial charge in [0.25, 0.3) is 5.56 Å². The number of benzene rings is 1. The van der Waals surface area contributed by atoms with Crippen LogP contribution in [0.1, 0.15) is 6.42 Å². The van der Waals surface area contributed by atoms with Crippen molar-refractivity contribution in [2.24, 2.45) is 5.92 Å². The molecule has 1 unspecified atom stereocenters. The van der Waals surface area contributed by atoms with E-state index >= 15 is 0 Å². The van der Waals surface area contributed by atoms with Crippen molar-refractivity contribution in [3.8, 4) is 0 Å². The van der Waals surface area contributed by atoms with Crippen LogP contribution in [-0.2, 0) is 21.1 Å². The van der Waals surface area contributed by atoms with E-state index in [9.17, 15) is 13.2 Å². The van der Waals surface area contributed by atoms with E-state index in [1.807, 2.05) is 18.2 Å². The van der Waals surface area contributed by atoms with E-state index in [0.717, 1.165) is 44.8 Å². The van der Waals surface area contributed by atoms with Crippen molar-refractivity contribution in [2.45, 2.75) is 13.0 Å². The molecule has 2 aliphatic rings. The summed E-state index contributed by atoms with van der Waals surface area (Å²) in [6.45, 7) is 5.44. The highest BCUT2D eigenvalue weighted by Gasteiger charge is 2.30. The highest BCUT2D eigenvalue weighted by Crippen LogP contribution is 2.23. The average molecular weight is 421 g/mol. The molecule has 0 saturated carbocycles. The van der Waals surface area contributed by atoms with Crippen molar-refractivity contribution in [2.75, 3.05) is 62.8 Å². The molecule has 0 spiro atoms. The summed E-state index contributed by atoms with van der Waals surface area (Å²) in [6.07, 6.45) is 2.38. The number of methoxy groups -OCH3 is 1. The van der Waals surface area contributed by atoms with Crippen molar-refractivity contribution in [1.82, 2.24) is 14.5 Å². The van der Waals surface area contributed by atoms with Crippen molar-refractivity contribution in [3.05, 3.63) is 34.9 Å². The van der Waals surface area contributed by atoms with Gasteiger partial charge in [0.15, 0.2) is 9.84 Å². The number of fused-ring (bicyclic) bond motifs is 1. The number of ether oxygens (including phenoxy) is 1. The molecule has 158 valence electrons. The Morgan fingerprint density at radius 2 is 2.00 bits per heavy atom. The van der Waals surface area contributed by atoms with Gasteiger partial charge in [-0.2, -0.15) is 0 Å². The maximum absolute atomic E-state index is 12.6. The average Bonchev–Trinajstić information content (AvgIpc) is 3.06. The summed E-state index contributed by atoms with van der Waals surface area (Å²) in [4.78, 5) is 21.7. The fourth-order valence-corrected chi connectivity index (χ4v) is 6.11. The fraction of sp³-hybridized carbons (Fsp3) is 0.600. The van der Waals surface area contributed by atoms with Gasteiger partial charge in [0.2, 0.25) is 0 Å². The summed E-state index contributed by atoms with van der Waals surface area (Å²) in [6, 6.07) is 5.83. The van der Waals surface area contributed by atoms with E-state index in [0.29, 0.717) is 35.6 Å². The molecule has 29 heavy (non-hydrogen) atoms. The third-order valence-corrected chi connectivity index (χ3v) is 7.76. The smallest absolute Gasteiger partial charge is 0.261 e. The van der Waals surface area contributed by atoms with Crippen LogP contribution in [0.3, 0.4) is 0 Å². The number of rotatable bonds is 6. The number of aromatic nitrogens is 2. The monoisotopic (exact) mass is 420 g/mol. The van der Waals surface area contributed by atoms with E-state index in [-0.39, 0.29) is 11.5 Å². The van der Waals surface area contributed by atoms with Crippen LogP contribution >= 0.6 is 0 Å². The summed E-state index contributed by atoms with van der Waals surface area (Å²) < 4.78 is 29.9. The zero-order valence-electron chi connectivity index (χ0n) is 16.8. The lowest BCUT2D eigenvalue weighted by Gasteiger charge is -2.37. The van der Waals surface area contributed by atoms with Crippen LogP contribution < -0.4 is 10.5 Å². The Morgan fingerprint density at radius 3 is 2.69 bits per heavy atom. The molecule has 2 fully saturated rings. The van der Waals surface area contributed by atoms with Crippen LogP contribution in [0.25, 0.3) is 10.9 Å². The summed E-state index contributed by atoms with van der Waals surface area (Å²) >= 11 is 0. The third-order valence-electron chi connectivity index (χ3n) is 5.93. The Labute approximate surface area is 171 Å². The SMILES string of the molecule is COCCn1cnc2cc(N3CCN(CC4CCS(=O)(=O)C4)CC3)ccc2c1=O. The van der Waals surface area contributed by atoms with Gasteiger partial charge in [0.05, 0.1) is 41.9 Å². The minimum atomic E-state index is -2.81. The standard InChI is InChI=1S/C20H28N4O4S/c1-28-10-9-24-15-21-19-12-17(2-3-18(19)20(24)25)23-7-5-22(6-8-23)13-16-4-11-29(26,27)14-16/h2-3,12,15-16H,4-11,13-14H2,1H3.